The minimum absolute atomic E-state index is 0. The zero-order chi connectivity index (χ0) is 18.0. The summed E-state index contributed by atoms with van der Waals surface area (Å²) in [5, 5.41) is 17.6. The lowest BCUT2D eigenvalue weighted by Crippen LogP contribution is -2.42. The Morgan fingerprint density at radius 1 is 1.07 bits per heavy atom. The first kappa shape index (κ1) is 22.9. The lowest BCUT2D eigenvalue weighted by molar-refractivity contribution is 0.0374. The molecule has 0 saturated heterocycles. The van der Waals surface area contributed by atoms with E-state index in [4.69, 9.17) is 10.6 Å². The average Bonchev–Trinajstić information content (AvgIpc) is 2.86. The number of hydrogen-bond donors (Lipinski definition) is 3. The Kier molecular flexibility index (Phi) is 7.80. The molecular formula is C20H28ClN3O3. The first-order chi connectivity index (χ1) is 11.8. The summed E-state index contributed by atoms with van der Waals surface area (Å²) in [5.41, 5.74) is 11.5. The predicted octanol–water partition coefficient (Wildman–Crippen LogP) is 2.36. The number of hydrogen-bond acceptors (Lipinski definition) is 5. The maximum atomic E-state index is 10.0. The number of halogens is 1. The minimum atomic E-state index is -0.625. The minimum Gasteiger partial charge on any atom is -0.412 e. The van der Waals surface area contributed by atoms with E-state index in [2.05, 4.69) is 37.3 Å². The molecule has 0 heterocycles. The number of oxime groups is 1. The number of aliphatic hydroxyl groups is 1. The van der Waals surface area contributed by atoms with E-state index in [0.29, 0.717) is 12.2 Å². The Hall–Kier alpha value is -2.12. The number of nitrogens with one attached hydrogen (secondary N) is 1. The number of nitrogens with two attached hydrogens (primary N) is 1. The molecule has 2 aromatic carbocycles. The molecular weight excluding hydrogens is 366 g/mol. The Labute approximate surface area is 166 Å². The first-order valence-electron chi connectivity index (χ1n) is 8.48. The van der Waals surface area contributed by atoms with Gasteiger partial charge in [0.05, 0.1) is 0 Å². The molecule has 1 unspecified atom stereocenters. The Bertz CT molecular complexity index is 803. The predicted molar refractivity (Wildman–Crippen MR) is 113 cm³/mol. The third-order valence-corrected chi connectivity index (χ3v) is 4.06. The fraction of sp³-hybridized carbons (Fsp3) is 0.350. The highest BCUT2D eigenvalue weighted by Crippen LogP contribution is 2.37. The summed E-state index contributed by atoms with van der Waals surface area (Å²) < 4.78 is 0. The van der Waals surface area contributed by atoms with Crippen molar-refractivity contribution in [3.8, 4) is 11.1 Å². The molecule has 0 bridgehead atoms. The van der Waals surface area contributed by atoms with Gasteiger partial charge in [0.25, 0.3) is 0 Å². The van der Waals surface area contributed by atoms with Crippen LogP contribution in [0.4, 0.5) is 5.69 Å². The van der Waals surface area contributed by atoms with E-state index in [1.807, 2.05) is 36.4 Å². The summed E-state index contributed by atoms with van der Waals surface area (Å²) in [7, 11) is 0. The van der Waals surface area contributed by atoms with Gasteiger partial charge < -0.3 is 26.5 Å². The molecule has 27 heavy (non-hydrogen) atoms. The van der Waals surface area contributed by atoms with Crippen LogP contribution >= 0.6 is 12.4 Å². The molecule has 7 heteroatoms. The molecule has 6 N–H and O–H groups in total. The summed E-state index contributed by atoms with van der Waals surface area (Å²) in [6.07, 6.45) is -0.625. The standard InChI is InChI=1S/C20H25N3O2.ClH.H2O/c1-20(2,3)22-11-14(24)12-25-23-19-17-7-5-4-6-15(17)16-9-8-13(21)10-18(16)19;;/h4-10,14,22,24H,11-12,21H2,1-3H3;1H;1H2/b23-19-;;. The number of anilines is 1. The highest BCUT2D eigenvalue weighted by Gasteiger charge is 2.25. The van der Waals surface area contributed by atoms with Crippen molar-refractivity contribution in [1.82, 2.24) is 5.32 Å². The molecule has 0 fully saturated rings. The second kappa shape index (κ2) is 9.19. The fourth-order valence-electron chi connectivity index (χ4n) is 2.83. The molecule has 0 saturated carbocycles. The van der Waals surface area contributed by atoms with Crippen LogP contribution in [-0.4, -0.2) is 41.1 Å². The summed E-state index contributed by atoms with van der Waals surface area (Å²) in [6, 6.07) is 13.9. The first-order valence-corrected chi connectivity index (χ1v) is 8.48. The SMILES string of the molecule is CC(C)(C)NCC(O)CO/N=C1/c2ccccc2-c2ccc(N)cc21.Cl.O. The molecule has 6 nitrogen and oxygen atoms in total. The van der Waals surface area contributed by atoms with Gasteiger partial charge >= 0.3 is 0 Å². The summed E-state index contributed by atoms with van der Waals surface area (Å²) in [5.74, 6) is 0. The molecule has 0 radical (unpaired) electrons. The van der Waals surface area contributed by atoms with Crippen LogP contribution in [0.2, 0.25) is 0 Å². The molecule has 148 valence electrons. The van der Waals surface area contributed by atoms with Gasteiger partial charge in [-0.15, -0.1) is 12.4 Å². The molecule has 0 spiro atoms. The van der Waals surface area contributed by atoms with Crippen LogP contribution in [0.5, 0.6) is 0 Å². The van der Waals surface area contributed by atoms with Crippen molar-refractivity contribution in [3.05, 3.63) is 53.6 Å². The van der Waals surface area contributed by atoms with Crippen LogP contribution in [-0.2, 0) is 4.84 Å². The smallest absolute Gasteiger partial charge is 0.144 e. The zero-order valence-corrected chi connectivity index (χ0v) is 16.6. The number of benzene rings is 2. The number of nitrogen functional groups attached to an aromatic ring is 1. The molecule has 0 amide bonds. The van der Waals surface area contributed by atoms with Gasteiger partial charge in [-0.25, -0.2) is 0 Å². The number of nitrogens with zero attached hydrogens (tertiary/aromatic N) is 1. The van der Waals surface area contributed by atoms with Crippen LogP contribution in [0.15, 0.2) is 47.6 Å². The van der Waals surface area contributed by atoms with Gasteiger partial charge in [-0.05, 0) is 44.0 Å². The fourth-order valence-corrected chi connectivity index (χ4v) is 2.83. The zero-order valence-electron chi connectivity index (χ0n) is 15.8. The Balaban J connectivity index is 0.00000182. The maximum Gasteiger partial charge on any atom is 0.144 e. The van der Waals surface area contributed by atoms with Crippen LogP contribution in [0.25, 0.3) is 11.1 Å². The highest BCUT2D eigenvalue weighted by molar-refractivity contribution is 6.24. The molecule has 1 aliphatic rings. The van der Waals surface area contributed by atoms with Crippen molar-refractivity contribution >= 4 is 23.8 Å². The quantitative estimate of drug-likeness (QED) is 0.456. The number of β-amino-alcohol motifs (C(OH)–C–C–N with tert-alkyl or cyclic N) is 1. The van der Waals surface area contributed by atoms with E-state index in [-0.39, 0.29) is 30.0 Å². The van der Waals surface area contributed by atoms with Crippen LogP contribution in [0.3, 0.4) is 0 Å². The topological polar surface area (TPSA) is 111 Å². The van der Waals surface area contributed by atoms with E-state index >= 15 is 0 Å². The Morgan fingerprint density at radius 3 is 2.37 bits per heavy atom. The van der Waals surface area contributed by atoms with E-state index in [0.717, 1.165) is 28.0 Å². The molecule has 0 aliphatic heterocycles. The summed E-state index contributed by atoms with van der Waals surface area (Å²) >= 11 is 0. The second-order valence-corrected chi connectivity index (χ2v) is 7.37. The highest BCUT2D eigenvalue weighted by atomic mass is 35.5. The largest absolute Gasteiger partial charge is 0.412 e. The third kappa shape index (κ3) is 5.43. The van der Waals surface area contributed by atoms with Crippen LogP contribution in [0, 0.1) is 0 Å². The summed E-state index contributed by atoms with van der Waals surface area (Å²) in [4.78, 5) is 5.46. The molecule has 1 atom stereocenters. The van der Waals surface area contributed by atoms with Crippen molar-refractivity contribution in [2.75, 3.05) is 18.9 Å². The van der Waals surface area contributed by atoms with Gasteiger partial charge in [0.2, 0.25) is 0 Å². The Morgan fingerprint density at radius 2 is 1.70 bits per heavy atom. The lowest BCUT2D eigenvalue weighted by Gasteiger charge is -2.22. The van der Waals surface area contributed by atoms with E-state index in [1.54, 1.807) is 0 Å². The lowest BCUT2D eigenvalue weighted by atomic mass is 10.1. The average molecular weight is 394 g/mol. The van der Waals surface area contributed by atoms with Crippen molar-refractivity contribution in [1.29, 1.82) is 0 Å². The van der Waals surface area contributed by atoms with E-state index in [9.17, 15) is 5.11 Å². The van der Waals surface area contributed by atoms with Crippen molar-refractivity contribution in [2.45, 2.75) is 32.4 Å². The number of fused-ring (bicyclic) bond motifs is 3. The van der Waals surface area contributed by atoms with E-state index < -0.39 is 6.10 Å². The van der Waals surface area contributed by atoms with Gasteiger partial charge in [-0.3, -0.25) is 0 Å². The number of aliphatic hydroxyl groups excluding tert-OH is 1. The molecule has 2 aromatic rings. The van der Waals surface area contributed by atoms with Gasteiger partial charge in [0, 0.05) is 28.9 Å². The monoisotopic (exact) mass is 393 g/mol. The van der Waals surface area contributed by atoms with Crippen molar-refractivity contribution < 1.29 is 15.4 Å². The van der Waals surface area contributed by atoms with Crippen LogP contribution < -0.4 is 11.1 Å². The van der Waals surface area contributed by atoms with Gasteiger partial charge in [0.1, 0.15) is 18.4 Å². The van der Waals surface area contributed by atoms with Crippen LogP contribution in [0.1, 0.15) is 31.9 Å². The molecule has 3 rings (SSSR count). The third-order valence-electron chi connectivity index (χ3n) is 4.06. The molecule has 0 aromatic heterocycles. The summed E-state index contributed by atoms with van der Waals surface area (Å²) in [6.45, 7) is 6.74. The van der Waals surface area contributed by atoms with Crippen molar-refractivity contribution in [3.63, 3.8) is 0 Å². The van der Waals surface area contributed by atoms with Gasteiger partial charge in [-0.1, -0.05) is 35.5 Å². The maximum absolute atomic E-state index is 10.0. The van der Waals surface area contributed by atoms with Crippen molar-refractivity contribution in [2.24, 2.45) is 5.16 Å². The van der Waals surface area contributed by atoms with Gasteiger partial charge in [-0.2, -0.15) is 0 Å². The second-order valence-electron chi connectivity index (χ2n) is 7.37. The van der Waals surface area contributed by atoms with Gasteiger partial charge in [0.15, 0.2) is 0 Å². The van der Waals surface area contributed by atoms with E-state index in [1.165, 1.54) is 0 Å². The normalized spacial score (nSPS) is 14.6. The molecule has 1 aliphatic carbocycles. The number of rotatable bonds is 5.